The van der Waals surface area contributed by atoms with E-state index in [0.717, 1.165) is 37.8 Å². The molecule has 2 saturated heterocycles. The number of carbonyl (C=O) groups is 1. The minimum atomic E-state index is -4.49. The Kier molecular flexibility index (Phi) is 4.59. The smallest absolute Gasteiger partial charge is 0.335 e. The maximum Gasteiger partial charge on any atom is 0.418 e. The standard InChI is InChI=1S/C19H24F3N3O/c20-19(21,22)16-6-1-2-7-17(16)24-18(26)23-12-10-14-4-3-5-15(11-12)25(14)13-8-9-13/h1-2,6-7,12-15H,3-5,8-11H2,(H2,23,24,26)/t12?,14-,15+. The second-order valence-electron chi connectivity index (χ2n) is 7.73. The topological polar surface area (TPSA) is 44.4 Å². The first-order chi connectivity index (χ1) is 12.4. The number of hydrogen-bond donors (Lipinski definition) is 2. The molecular formula is C19H24F3N3O. The summed E-state index contributed by atoms with van der Waals surface area (Å²) in [6, 6.07) is 6.28. The monoisotopic (exact) mass is 367 g/mol. The fourth-order valence-electron chi connectivity index (χ4n) is 4.69. The minimum absolute atomic E-state index is 0.0262. The van der Waals surface area contributed by atoms with Gasteiger partial charge in [-0.3, -0.25) is 4.90 Å². The number of anilines is 1. The zero-order valence-corrected chi connectivity index (χ0v) is 14.6. The van der Waals surface area contributed by atoms with Crippen LogP contribution in [0.5, 0.6) is 0 Å². The minimum Gasteiger partial charge on any atom is -0.335 e. The lowest BCUT2D eigenvalue weighted by Gasteiger charge is -2.49. The Morgan fingerprint density at radius 1 is 1.00 bits per heavy atom. The molecule has 142 valence electrons. The van der Waals surface area contributed by atoms with Crippen molar-refractivity contribution in [3.05, 3.63) is 29.8 Å². The summed E-state index contributed by atoms with van der Waals surface area (Å²) in [5.74, 6) is 0. The first kappa shape index (κ1) is 17.6. The average molecular weight is 367 g/mol. The highest BCUT2D eigenvalue weighted by molar-refractivity contribution is 5.90. The van der Waals surface area contributed by atoms with Crippen molar-refractivity contribution in [1.29, 1.82) is 0 Å². The van der Waals surface area contributed by atoms with Gasteiger partial charge in [-0.15, -0.1) is 0 Å². The summed E-state index contributed by atoms with van der Waals surface area (Å²) in [6.07, 6.45) is 3.39. The average Bonchev–Trinajstić information content (AvgIpc) is 3.38. The zero-order chi connectivity index (χ0) is 18.3. The molecule has 2 aliphatic heterocycles. The summed E-state index contributed by atoms with van der Waals surface area (Å²) in [5.41, 5.74) is -1.02. The van der Waals surface area contributed by atoms with Gasteiger partial charge in [0.05, 0.1) is 11.3 Å². The maximum atomic E-state index is 13.1. The molecule has 3 fully saturated rings. The molecule has 2 bridgehead atoms. The molecule has 1 aromatic carbocycles. The van der Waals surface area contributed by atoms with E-state index in [1.165, 1.54) is 37.5 Å². The first-order valence-electron chi connectivity index (χ1n) is 9.43. The van der Waals surface area contributed by atoms with Gasteiger partial charge < -0.3 is 10.6 Å². The van der Waals surface area contributed by atoms with Crippen molar-refractivity contribution in [3.8, 4) is 0 Å². The number of alkyl halides is 3. The van der Waals surface area contributed by atoms with E-state index in [9.17, 15) is 18.0 Å². The normalized spacial score (nSPS) is 29.3. The van der Waals surface area contributed by atoms with Crippen LogP contribution in [0.4, 0.5) is 23.7 Å². The fraction of sp³-hybridized carbons (Fsp3) is 0.632. The number of urea groups is 1. The summed E-state index contributed by atoms with van der Waals surface area (Å²) >= 11 is 0. The van der Waals surface area contributed by atoms with Gasteiger partial charge in [0.25, 0.3) is 0 Å². The largest absolute Gasteiger partial charge is 0.418 e. The number of fused-ring (bicyclic) bond motifs is 2. The molecule has 2 N–H and O–H groups in total. The lowest BCUT2D eigenvalue weighted by molar-refractivity contribution is -0.136. The quantitative estimate of drug-likeness (QED) is 0.833. The van der Waals surface area contributed by atoms with Crippen LogP contribution in [0.15, 0.2) is 24.3 Å². The van der Waals surface area contributed by atoms with Crippen molar-refractivity contribution in [2.24, 2.45) is 0 Å². The van der Waals surface area contributed by atoms with Crippen LogP contribution in [0.25, 0.3) is 0 Å². The molecule has 3 atom stereocenters. The van der Waals surface area contributed by atoms with Crippen LogP contribution >= 0.6 is 0 Å². The van der Waals surface area contributed by atoms with E-state index in [0.29, 0.717) is 12.1 Å². The van der Waals surface area contributed by atoms with E-state index in [4.69, 9.17) is 0 Å². The Hall–Kier alpha value is -1.76. The third-order valence-electron chi connectivity index (χ3n) is 5.82. The molecular weight excluding hydrogens is 343 g/mol. The molecule has 0 radical (unpaired) electrons. The van der Waals surface area contributed by atoms with Gasteiger partial charge in [0.1, 0.15) is 0 Å². The second-order valence-corrected chi connectivity index (χ2v) is 7.73. The van der Waals surface area contributed by atoms with Gasteiger partial charge in [0, 0.05) is 24.2 Å². The number of piperidine rings is 2. The molecule has 0 aromatic heterocycles. The number of para-hydroxylation sites is 1. The van der Waals surface area contributed by atoms with Gasteiger partial charge in [-0.2, -0.15) is 13.2 Å². The Balaban J connectivity index is 1.39. The fourth-order valence-corrected chi connectivity index (χ4v) is 4.69. The number of carbonyl (C=O) groups excluding carboxylic acids is 1. The van der Waals surface area contributed by atoms with Crippen LogP contribution in [0.1, 0.15) is 50.5 Å². The summed E-state index contributed by atoms with van der Waals surface area (Å²) in [5, 5.41) is 5.30. The highest BCUT2D eigenvalue weighted by Crippen LogP contribution is 2.42. The molecule has 4 nitrogen and oxygen atoms in total. The first-order valence-corrected chi connectivity index (χ1v) is 9.43. The van der Waals surface area contributed by atoms with Crippen LogP contribution in [0, 0.1) is 0 Å². The summed E-state index contributed by atoms with van der Waals surface area (Å²) in [6.45, 7) is 0. The van der Waals surface area contributed by atoms with Crippen LogP contribution in [-0.2, 0) is 6.18 Å². The van der Waals surface area contributed by atoms with E-state index < -0.39 is 17.8 Å². The zero-order valence-electron chi connectivity index (χ0n) is 14.6. The summed E-state index contributed by atoms with van der Waals surface area (Å²) in [7, 11) is 0. The lowest BCUT2D eigenvalue weighted by atomic mass is 9.81. The van der Waals surface area contributed by atoms with Crippen LogP contribution in [0.2, 0.25) is 0 Å². The Bertz CT molecular complexity index is 660. The van der Waals surface area contributed by atoms with Crippen molar-refractivity contribution < 1.29 is 18.0 Å². The molecule has 26 heavy (non-hydrogen) atoms. The SMILES string of the molecule is O=C(Nc1ccccc1C(F)(F)F)NC1C[C@H]2CCC[C@@H](C1)N2C1CC1. The number of nitrogens with one attached hydrogen (secondary N) is 2. The molecule has 1 saturated carbocycles. The second kappa shape index (κ2) is 6.76. The molecule has 0 spiro atoms. The van der Waals surface area contributed by atoms with E-state index >= 15 is 0 Å². The molecule has 1 unspecified atom stereocenters. The van der Waals surface area contributed by atoms with Gasteiger partial charge >= 0.3 is 12.2 Å². The molecule has 4 rings (SSSR count). The van der Waals surface area contributed by atoms with Crippen molar-refractivity contribution >= 4 is 11.7 Å². The van der Waals surface area contributed by atoms with E-state index in [-0.39, 0.29) is 11.7 Å². The number of rotatable bonds is 3. The van der Waals surface area contributed by atoms with Crippen molar-refractivity contribution in [2.75, 3.05) is 5.32 Å². The van der Waals surface area contributed by atoms with Gasteiger partial charge in [-0.05, 0) is 50.7 Å². The molecule has 7 heteroatoms. The van der Waals surface area contributed by atoms with E-state index in [1.54, 1.807) is 0 Å². The maximum absolute atomic E-state index is 13.1. The molecule has 1 aliphatic carbocycles. The number of halogens is 3. The summed E-state index contributed by atoms with van der Waals surface area (Å²) < 4.78 is 39.2. The number of nitrogens with zero attached hydrogens (tertiary/aromatic N) is 1. The van der Waals surface area contributed by atoms with Crippen molar-refractivity contribution in [3.63, 3.8) is 0 Å². The Morgan fingerprint density at radius 2 is 1.65 bits per heavy atom. The third kappa shape index (κ3) is 3.68. The molecule has 1 aromatic rings. The molecule has 3 aliphatic rings. The van der Waals surface area contributed by atoms with Crippen molar-refractivity contribution in [1.82, 2.24) is 10.2 Å². The molecule has 2 heterocycles. The Labute approximate surface area is 151 Å². The number of benzene rings is 1. The van der Waals surface area contributed by atoms with Crippen LogP contribution < -0.4 is 10.6 Å². The third-order valence-corrected chi connectivity index (χ3v) is 5.82. The van der Waals surface area contributed by atoms with Gasteiger partial charge in [-0.1, -0.05) is 18.6 Å². The van der Waals surface area contributed by atoms with Crippen molar-refractivity contribution in [2.45, 2.75) is 75.3 Å². The lowest BCUT2D eigenvalue weighted by Crippen LogP contribution is -2.58. The van der Waals surface area contributed by atoms with E-state index in [2.05, 4.69) is 15.5 Å². The number of amides is 2. The highest BCUT2D eigenvalue weighted by Gasteiger charge is 2.45. The van der Waals surface area contributed by atoms with Gasteiger partial charge in [0.15, 0.2) is 0 Å². The van der Waals surface area contributed by atoms with Crippen LogP contribution in [0.3, 0.4) is 0 Å². The highest BCUT2D eigenvalue weighted by atomic mass is 19.4. The van der Waals surface area contributed by atoms with Gasteiger partial charge in [0.2, 0.25) is 0 Å². The predicted octanol–water partition coefficient (Wildman–Crippen LogP) is 4.37. The number of hydrogen-bond acceptors (Lipinski definition) is 2. The summed E-state index contributed by atoms with van der Waals surface area (Å²) in [4.78, 5) is 15.0. The van der Waals surface area contributed by atoms with E-state index in [1.807, 2.05) is 0 Å². The predicted molar refractivity (Wildman–Crippen MR) is 92.9 cm³/mol. The van der Waals surface area contributed by atoms with Gasteiger partial charge in [-0.25, -0.2) is 4.79 Å². The van der Waals surface area contributed by atoms with Crippen LogP contribution in [-0.4, -0.2) is 35.1 Å². The Morgan fingerprint density at radius 3 is 2.27 bits per heavy atom. The molecule has 2 amide bonds.